The van der Waals surface area contributed by atoms with Crippen LogP contribution in [0, 0.1) is 0 Å². The number of para-hydroxylation sites is 1. The summed E-state index contributed by atoms with van der Waals surface area (Å²) >= 11 is 0. The second-order valence-corrected chi connectivity index (χ2v) is 5.00. The van der Waals surface area contributed by atoms with Gasteiger partial charge < -0.3 is 10.8 Å². The highest BCUT2D eigenvalue weighted by molar-refractivity contribution is 5.35. The molecule has 2 aliphatic rings. The van der Waals surface area contributed by atoms with Gasteiger partial charge in [-0.2, -0.15) is 0 Å². The van der Waals surface area contributed by atoms with Crippen molar-refractivity contribution >= 4 is 0 Å². The van der Waals surface area contributed by atoms with E-state index in [-0.39, 0.29) is 6.04 Å². The van der Waals surface area contributed by atoms with Gasteiger partial charge in [-0.1, -0.05) is 18.2 Å². The third kappa shape index (κ3) is 1.70. The van der Waals surface area contributed by atoms with Gasteiger partial charge in [0.05, 0.1) is 0 Å². The number of hydrogen-bond acceptors (Lipinski definition) is 3. The van der Waals surface area contributed by atoms with E-state index in [4.69, 9.17) is 5.73 Å². The molecule has 0 bridgehead atoms. The van der Waals surface area contributed by atoms with Crippen LogP contribution in [0.25, 0.3) is 0 Å². The molecule has 0 aromatic heterocycles. The first kappa shape index (κ1) is 10.1. The fraction of sp³-hybridized carbons (Fsp3) is 0.538. The number of nitrogens with two attached hydrogens (primary N) is 1. The lowest BCUT2D eigenvalue weighted by atomic mass is 10.0. The van der Waals surface area contributed by atoms with Gasteiger partial charge in [-0.05, 0) is 25.3 Å². The summed E-state index contributed by atoms with van der Waals surface area (Å²) in [4.78, 5) is 2.47. The molecule has 3 nitrogen and oxygen atoms in total. The lowest BCUT2D eigenvalue weighted by Crippen LogP contribution is -2.29. The number of phenolic OH excluding ortho intramolecular Hbond substituents is 1. The maximum absolute atomic E-state index is 9.91. The van der Waals surface area contributed by atoms with E-state index in [0.29, 0.717) is 17.8 Å². The van der Waals surface area contributed by atoms with Crippen LogP contribution in [-0.2, 0) is 0 Å². The molecule has 0 spiro atoms. The summed E-state index contributed by atoms with van der Waals surface area (Å²) in [5, 5.41) is 9.91. The molecule has 0 radical (unpaired) electrons. The molecule has 1 saturated carbocycles. The van der Waals surface area contributed by atoms with Crippen molar-refractivity contribution in [2.24, 2.45) is 5.73 Å². The third-order valence-electron chi connectivity index (χ3n) is 3.68. The van der Waals surface area contributed by atoms with Crippen LogP contribution in [0.2, 0.25) is 0 Å². The van der Waals surface area contributed by atoms with Crippen LogP contribution in [0.3, 0.4) is 0 Å². The Bertz CT molecular complexity index is 389. The third-order valence-corrected chi connectivity index (χ3v) is 3.68. The predicted octanol–water partition coefficient (Wildman–Crippen LogP) is 1.63. The van der Waals surface area contributed by atoms with Gasteiger partial charge in [0.1, 0.15) is 5.75 Å². The fourth-order valence-electron chi connectivity index (χ4n) is 2.78. The van der Waals surface area contributed by atoms with Gasteiger partial charge in [-0.3, -0.25) is 4.90 Å². The van der Waals surface area contributed by atoms with Gasteiger partial charge >= 0.3 is 0 Å². The normalized spacial score (nSPS) is 30.8. The number of phenols is 1. The number of nitrogens with zero attached hydrogens (tertiary/aromatic N) is 1. The molecule has 2 unspecified atom stereocenters. The van der Waals surface area contributed by atoms with Crippen molar-refractivity contribution in [2.45, 2.75) is 37.4 Å². The molecule has 3 rings (SSSR count). The van der Waals surface area contributed by atoms with Crippen molar-refractivity contribution in [1.82, 2.24) is 4.90 Å². The van der Waals surface area contributed by atoms with Crippen molar-refractivity contribution in [1.29, 1.82) is 0 Å². The highest BCUT2D eigenvalue weighted by atomic mass is 16.3. The van der Waals surface area contributed by atoms with Crippen LogP contribution in [0.4, 0.5) is 0 Å². The average Bonchev–Trinajstić information content (AvgIpc) is 3.03. The molecule has 1 saturated heterocycles. The lowest BCUT2D eigenvalue weighted by Gasteiger charge is -2.24. The maximum atomic E-state index is 9.91. The molecule has 2 fully saturated rings. The average molecular weight is 218 g/mol. The minimum Gasteiger partial charge on any atom is -0.508 e. The Kier molecular flexibility index (Phi) is 2.37. The van der Waals surface area contributed by atoms with Crippen LogP contribution in [-0.4, -0.2) is 28.6 Å². The van der Waals surface area contributed by atoms with Gasteiger partial charge in [0.15, 0.2) is 0 Å². The first-order chi connectivity index (χ1) is 7.75. The molecule has 3 N–H and O–H groups in total. The topological polar surface area (TPSA) is 49.5 Å². The second kappa shape index (κ2) is 3.75. The standard InChI is InChI=1S/C13H18N2O/c14-9-7-12(15(8-9)10-5-6-10)11-3-1-2-4-13(11)16/h1-4,9-10,12,16H,5-8,14H2. The summed E-state index contributed by atoms with van der Waals surface area (Å²) in [5.74, 6) is 0.409. The Morgan fingerprint density at radius 3 is 2.69 bits per heavy atom. The van der Waals surface area contributed by atoms with Crippen LogP contribution in [0.5, 0.6) is 5.75 Å². The number of hydrogen-bond donors (Lipinski definition) is 2. The van der Waals surface area contributed by atoms with Crippen molar-refractivity contribution < 1.29 is 5.11 Å². The lowest BCUT2D eigenvalue weighted by molar-refractivity contribution is 0.241. The Morgan fingerprint density at radius 2 is 2.00 bits per heavy atom. The summed E-state index contributed by atoms with van der Waals surface area (Å²) in [5.41, 5.74) is 7.09. The van der Waals surface area contributed by atoms with Crippen LogP contribution in [0.1, 0.15) is 30.9 Å². The zero-order valence-electron chi connectivity index (χ0n) is 9.34. The van der Waals surface area contributed by atoms with Crippen molar-refractivity contribution in [3.63, 3.8) is 0 Å². The summed E-state index contributed by atoms with van der Waals surface area (Å²) in [7, 11) is 0. The van der Waals surface area contributed by atoms with E-state index in [1.807, 2.05) is 18.2 Å². The van der Waals surface area contributed by atoms with E-state index in [1.54, 1.807) is 6.07 Å². The SMILES string of the molecule is NC1CC(c2ccccc2O)N(C2CC2)C1. The summed E-state index contributed by atoms with van der Waals surface area (Å²) in [6.45, 7) is 0.976. The first-order valence-corrected chi connectivity index (χ1v) is 6.05. The quantitative estimate of drug-likeness (QED) is 0.793. The highest BCUT2D eigenvalue weighted by Crippen LogP contribution is 2.42. The van der Waals surface area contributed by atoms with Gasteiger partial charge in [0.25, 0.3) is 0 Å². The van der Waals surface area contributed by atoms with Crippen molar-refractivity contribution in [3.8, 4) is 5.75 Å². The summed E-state index contributed by atoms with van der Waals surface area (Å²) < 4.78 is 0. The Balaban J connectivity index is 1.90. The first-order valence-electron chi connectivity index (χ1n) is 6.05. The van der Waals surface area contributed by atoms with E-state index in [0.717, 1.165) is 18.5 Å². The molecule has 16 heavy (non-hydrogen) atoms. The van der Waals surface area contributed by atoms with Crippen LogP contribution >= 0.6 is 0 Å². The maximum Gasteiger partial charge on any atom is 0.120 e. The van der Waals surface area contributed by atoms with Crippen LogP contribution in [0.15, 0.2) is 24.3 Å². The Hall–Kier alpha value is -1.06. The molecule has 2 atom stereocenters. The molecule has 1 heterocycles. The zero-order chi connectivity index (χ0) is 11.1. The predicted molar refractivity (Wildman–Crippen MR) is 63.2 cm³/mol. The second-order valence-electron chi connectivity index (χ2n) is 5.00. The number of aromatic hydroxyl groups is 1. The minimum absolute atomic E-state index is 0.255. The molecule has 1 aliphatic carbocycles. The van der Waals surface area contributed by atoms with E-state index in [2.05, 4.69) is 4.90 Å². The fourth-order valence-corrected chi connectivity index (χ4v) is 2.78. The van der Waals surface area contributed by atoms with Crippen molar-refractivity contribution in [2.75, 3.05) is 6.54 Å². The largest absolute Gasteiger partial charge is 0.508 e. The minimum atomic E-state index is 0.255. The highest BCUT2D eigenvalue weighted by Gasteiger charge is 2.40. The van der Waals surface area contributed by atoms with Gasteiger partial charge in [-0.25, -0.2) is 0 Å². The molecule has 3 heteroatoms. The number of rotatable bonds is 2. The molecule has 1 aromatic rings. The summed E-state index contributed by atoms with van der Waals surface area (Å²) in [6.07, 6.45) is 3.54. The monoisotopic (exact) mass is 218 g/mol. The smallest absolute Gasteiger partial charge is 0.120 e. The van der Waals surface area contributed by atoms with Gasteiger partial charge in [0.2, 0.25) is 0 Å². The molecule has 1 aliphatic heterocycles. The molecule has 1 aromatic carbocycles. The zero-order valence-corrected chi connectivity index (χ0v) is 9.34. The van der Waals surface area contributed by atoms with E-state index in [1.165, 1.54) is 12.8 Å². The number of benzene rings is 1. The summed E-state index contributed by atoms with van der Waals surface area (Å²) in [6, 6.07) is 8.93. The molecule has 86 valence electrons. The Labute approximate surface area is 95.9 Å². The van der Waals surface area contributed by atoms with E-state index >= 15 is 0 Å². The van der Waals surface area contributed by atoms with Gasteiger partial charge in [-0.15, -0.1) is 0 Å². The van der Waals surface area contributed by atoms with E-state index in [9.17, 15) is 5.11 Å². The molecular formula is C13H18N2O. The molecule has 0 amide bonds. The molecular weight excluding hydrogens is 200 g/mol. The van der Waals surface area contributed by atoms with Crippen LogP contribution < -0.4 is 5.73 Å². The van der Waals surface area contributed by atoms with Gasteiger partial charge in [0, 0.05) is 30.2 Å². The van der Waals surface area contributed by atoms with Crippen molar-refractivity contribution in [3.05, 3.63) is 29.8 Å². The number of likely N-dealkylation sites (tertiary alicyclic amines) is 1. The van der Waals surface area contributed by atoms with E-state index < -0.39 is 0 Å². The Morgan fingerprint density at radius 1 is 1.25 bits per heavy atom.